The van der Waals surface area contributed by atoms with E-state index >= 15 is 0 Å². The van der Waals surface area contributed by atoms with Crippen molar-refractivity contribution in [1.29, 1.82) is 0 Å². The van der Waals surface area contributed by atoms with Gasteiger partial charge in [0.25, 0.3) is 0 Å². The number of ketones is 1. The summed E-state index contributed by atoms with van der Waals surface area (Å²) in [5, 5.41) is 0.937. The van der Waals surface area contributed by atoms with Crippen LogP contribution >= 0.6 is 11.8 Å². The Morgan fingerprint density at radius 3 is 2.41 bits per heavy atom. The molecule has 1 heterocycles. The van der Waals surface area contributed by atoms with Crippen LogP contribution in [0.1, 0.15) is 21.6 Å². The molecule has 17 heavy (non-hydrogen) atoms. The number of aryl methyl sites for hydroxylation is 1. The maximum atomic E-state index is 12.2. The Hall–Kier alpha value is -1.61. The zero-order valence-electron chi connectivity index (χ0n) is 9.81. The van der Waals surface area contributed by atoms with Crippen LogP contribution in [0.5, 0.6) is 0 Å². The standard InChI is InChI=1S/C14H13NOS/c1-10-12(8-9-13(15-10)17-2)14(16)11-6-4-3-5-7-11/h3-9H,1-2H3. The molecule has 0 radical (unpaired) electrons. The predicted octanol–water partition coefficient (Wildman–Crippen LogP) is 3.34. The summed E-state index contributed by atoms with van der Waals surface area (Å²) in [7, 11) is 0. The summed E-state index contributed by atoms with van der Waals surface area (Å²) in [6.07, 6.45) is 1.97. The van der Waals surface area contributed by atoms with E-state index in [1.54, 1.807) is 11.8 Å². The highest BCUT2D eigenvalue weighted by Gasteiger charge is 2.12. The lowest BCUT2D eigenvalue weighted by molar-refractivity contribution is 0.103. The first-order chi connectivity index (χ1) is 8.22. The third-order valence-corrected chi connectivity index (χ3v) is 3.20. The monoisotopic (exact) mass is 243 g/mol. The second-order valence-corrected chi connectivity index (χ2v) is 4.51. The molecule has 0 aliphatic heterocycles. The minimum absolute atomic E-state index is 0.0308. The van der Waals surface area contributed by atoms with Crippen LogP contribution in [0.15, 0.2) is 47.5 Å². The van der Waals surface area contributed by atoms with Crippen molar-refractivity contribution in [3.8, 4) is 0 Å². The van der Waals surface area contributed by atoms with Crippen molar-refractivity contribution in [2.24, 2.45) is 0 Å². The summed E-state index contributed by atoms with van der Waals surface area (Å²) in [6, 6.07) is 13.0. The minimum Gasteiger partial charge on any atom is -0.289 e. The molecule has 0 unspecified atom stereocenters. The molecule has 0 N–H and O–H groups in total. The summed E-state index contributed by atoms with van der Waals surface area (Å²) in [5.41, 5.74) is 2.16. The third kappa shape index (κ3) is 2.56. The summed E-state index contributed by atoms with van der Waals surface area (Å²) < 4.78 is 0. The lowest BCUT2D eigenvalue weighted by Gasteiger charge is -2.05. The van der Waals surface area contributed by atoms with Gasteiger partial charge in [-0.25, -0.2) is 4.98 Å². The van der Waals surface area contributed by atoms with Crippen molar-refractivity contribution in [1.82, 2.24) is 4.98 Å². The number of thioether (sulfide) groups is 1. The highest BCUT2D eigenvalue weighted by Crippen LogP contribution is 2.17. The van der Waals surface area contributed by atoms with Crippen molar-refractivity contribution >= 4 is 17.5 Å². The molecule has 0 atom stereocenters. The molecule has 3 heteroatoms. The summed E-state index contributed by atoms with van der Waals surface area (Å²) in [4.78, 5) is 16.6. The fourth-order valence-corrected chi connectivity index (χ4v) is 2.07. The van der Waals surface area contributed by atoms with Crippen molar-refractivity contribution in [3.63, 3.8) is 0 Å². The number of hydrogen-bond acceptors (Lipinski definition) is 3. The van der Waals surface area contributed by atoms with Crippen LogP contribution in [0, 0.1) is 6.92 Å². The summed E-state index contributed by atoms with van der Waals surface area (Å²) in [6.45, 7) is 1.87. The topological polar surface area (TPSA) is 30.0 Å². The zero-order valence-corrected chi connectivity index (χ0v) is 10.6. The lowest BCUT2D eigenvalue weighted by Crippen LogP contribution is -2.05. The Bertz CT molecular complexity index is 537. The second kappa shape index (κ2) is 5.15. The van der Waals surface area contributed by atoms with Gasteiger partial charge >= 0.3 is 0 Å². The first kappa shape index (κ1) is 11.9. The largest absolute Gasteiger partial charge is 0.289 e. The molecule has 2 nitrogen and oxygen atoms in total. The normalized spacial score (nSPS) is 10.2. The molecule has 1 aromatic heterocycles. The maximum Gasteiger partial charge on any atom is 0.194 e. The van der Waals surface area contributed by atoms with E-state index in [1.807, 2.05) is 55.6 Å². The Balaban J connectivity index is 2.38. The number of hydrogen-bond donors (Lipinski definition) is 0. The lowest BCUT2D eigenvalue weighted by atomic mass is 10.0. The summed E-state index contributed by atoms with van der Waals surface area (Å²) >= 11 is 1.58. The fourth-order valence-electron chi connectivity index (χ4n) is 1.64. The molecule has 0 aliphatic carbocycles. The van der Waals surface area contributed by atoms with E-state index in [9.17, 15) is 4.79 Å². The van der Waals surface area contributed by atoms with Gasteiger partial charge in [0, 0.05) is 16.8 Å². The second-order valence-electron chi connectivity index (χ2n) is 3.68. The van der Waals surface area contributed by atoms with Crippen LogP contribution in [-0.4, -0.2) is 17.0 Å². The molecule has 0 aliphatic rings. The van der Waals surface area contributed by atoms with Crippen LogP contribution in [-0.2, 0) is 0 Å². The smallest absolute Gasteiger partial charge is 0.194 e. The minimum atomic E-state index is 0.0308. The Morgan fingerprint density at radius 1 is 1.12 bits per heavy atom. The van der Waals surface area contributed by atoms with Crippen molar-refractivity contribution in [2.75, 3.05) is 6.26 Å². The van der Waals surface area contributed by atoms with Gasteiger partial charge in [-0.1, -0.05) is 30.3 Å². The number of aromatic nitrogens is 1. The highest BCUT2D eigenvalue weighted by molar-refractivity contribution is 7.98. The average Bonchev–Trinajstić information content (AvgIpc) is 2.39. The van der Waals surface area contributed by atoms with E-state index in [0.717, 1.165) is 10.7 Å². The van der Waals surface area contributed by atoms with E-state index in [0.29, 0.717) is 11.1 Å². The molecule has 0 saturated carbocycles. The van der Waals surface area contributed by atoms with Crippen LogP contribution < -0.4 is 0 Å². The molecule has 0 saturated heterocycles. The number of rotatable bonds is 3. The predicted molar refractivity (Wildman–Crippen MR) is 70.6 cm³/mol. The molecule has 86 valence electrons. The Labute approximate surface area is 105 Å². The van der Waals surface area contributed by atoms with Gasteiger partial charge in [0.2, 0.25) is 0 Å². The number of carbonyl (C=O) groups is 1. The first-order valence-corrected chi connectivity index (χ1v) is 6.56. The molecular weight excluding hydrogens is 230 g/mol. The quantitative estimate of drug-likeness (QED) is 0.611. The zero-order chi connectivity index (χ0) is 12.3. The Kier molecular flexibility index (Phi) is 3.59. The molecule has 0 amide bonds. The molecule has 0 bridgehead atoms. The van der Waals surface area contributed by atoms with E-state index in [-0.39, 0.29) is 5.78 Å². The summed E-state index contributed by atoms with van der Waals surface area (Å²) in [5.74, 6) is 0.0308. The Morgan fingerprint density at radius 2 is 1.82 bits per heavy atom. The molecular formula is C14H13NOS. The van der Waals surface area contributed by atoms with E-state index in [4.69, 9.17) is 0 Å². The molecule has 2 rings (SSSR count). The van der Waals surface area contributed by atoms with Gasteiger partial charge in [0.15, 0.2) is 5.78 Å². The number of nitrogens with zero attached hydrogens (tertiary/aromatic N) is 1. The SMILES string of the molecule is CSc1ccc(C(=O)c2ccccc2)c(C)n1. The van der Waals surface area contributed by atoms with Gasteiger partial charge in [0.1, 0.15) is 0 Å². The molecule has 1 aromatic carbocycles. The van der Waals surface area contributed by atoms with Crippen molar-refractivity contribution in [2.45, 2.75) is 11.9 Å². The number of carbonyl (C=O) groups excluding carboxylic acids is 1. The molecule has 2 aromatic rings. The van der Waals surface area contributed by atoms with Gasteiger partial charge in [-0.2, -0.15) is 0 Å². The molecule has 0 fully saturated rings. The highest BCUT2D eigenvalue weighted by atomic mass is 32.2. The maximum absolute atomic E-state index is 12.2. The first-order valence-electron chi connectivity index (χ1n) is 5.34. The van der Waals surface area contributed by atoms with E-state index < -0.39 is 0 Å². The van der Waals surface area contributed by atoms with Crippen molar-refractivity contribution < 1.29 is 4.79 Å². The third-order valence-electron chi connectivity index (χ3n) is 2.55. The fraction of sp³-hybridized carbons (Fsp3) is 0.143. The van der Waals surface area contributed by atoms with Crippen molar-refractivity contribution in [3.05, 3.63) is 59.3 Å². The van der Waals surface area contributed by atoms with Gasteiger partial charge < -0.3 is 0 Å². The molecule has 0 spiro atoms. The van der Waals surface area contributed by atoms with Crippen LogP contribution in [0.3, 0.4) is 0 Å². The average molecular weight is 243 g/mol. The van der Waals surface area contributed by atoms with Crippen LogP contribution in [0.25, 0.3) is 0 Å². The number of benzene rings is 1. The van der Waals surface area contributed by atoms with Crippen LogP contribution in [0.2, 0.25) is 0 Å². The van der Waals surface area contributed by atoms with Gasteiger partial charge in [-0.15, -0.1) is 11.8 Å². The van der Waals surface area contributed by atoms with E-state index in [2.05, 4.69) is 4.98 Å². The van der Waals surface area contributed by atoms with Crippen LogP contribution in [0.4, 0.5) is 0 Å². The van der Waals surface area contributed by atoms with Gasteiger partial charge in [-0.3, -0.25) is 4.79 Å². The number of pyridine rings is 1. The van der Waals surface area contributed by atoms with E-state index in [1.165, 1.54) is 0 Å². The van der Waals surface area contributed by atoms with Gasteiger partial charge in [-0.05, 0) is 25.3 Å². The van der Waals surface area contributed by atoms with Gasteiger partial charge in [0.05, 0.1) is 5.03 Å².